The average Bonchev–Trinajstić information content (AvgIpc) is 3.38. The topological polar surface area (TPSA) is 119 Å². The fourth-order valence-corrected chi connectivity index (χ4v) is 6.54. The van der Waals surface area contributed by atoms with Gasteiger partial charge in [-0.3, -0.25) is 23.6 Å². The summed E-state index contributed by atoms with van der Waals surface area (Å²) < 4.78 is 14.7. The van der Waals surface area contributed by atoms with Crippen molar-refractivity contribution < 1.29 is 24.2 Å². The van der Waals surface area contributed by atoms with E-state index in [2.05, 4.69) is 4.98 Å². The van der Waals surface area contributed by atoms with Crippen molar-refractivity contribution in [3.63, 3.8) is 0 Å². The predicted molar refractivity (Wildman–Crippen MR) is 178 cm³/mol. The lowest BCUT2D eigenvalue weighted by Gasteiger charge is -2.39. The molecule has 0 spiro atoms. The number of likely N-dealkylation sites (tertiary alicyclic amines) is 1. The summed E-state index contributed by atoms with van der Waals surface area (Å²) in [6.45, 7) is 9.01. The van der Waals surface area contributed by atoms with Gasteiger partial charge in [0.1, 0.15) is 17.1 Å². The Labute approximate surface area is 278 Å². The molecule has 11 nitrogen and oxygen atoms in total. The van der Waals surface area contributed by atoms with Gasteiger partial charge in [-0.2, -0.15) is 0 Å². The zero-order valence-corrected chi connectivity index (χ0v) is 27.8. The molecule has 2 amide bonds. The smallest absolute Gasteiger partial charge is 0.410 e. The monoisotopic (exact) mass is 661 g/mol. The number of aliphatic hydroxyl groups is 1. The van der Waals surface area contributed by atoms with Gasteiger partial charge in [0.05, 0.1) is 42.8 Å². The van der Waals surface area contributed by atoms with Gasteiger partial charge in [0.2, 0.25) is 0 Å². The van der Waals surface area contributed by atoms with Crippen LogP contribution in [0, 0.1) is 0 Å². The van der Waals surface area contributed by atoms with E-state index in [-0.39, 0.29) is 30.2 Å². The van der Waals surface area contributed by atoms with Crippen LogP contribution in [0.25, 0.3) is 16.7 Å². The van der Waals surface area contributed by atoms with Gasteiger partial charge in [0.15, 0.2) is 5.65 Å². The SMILES string of the molecule is C[C@H]1CN(C(=O)OC(C)(C)C)[C@H](c2ccc(-n3c(Cl)cc4c(=O)n(CC5(O)CCN(C(=O)c6ccccc6)CC5)cnc43)cc2)CO1. The molecule has 2 aromatic carbocycles. The van der Waals surface area contributed by atoms with Crippen molar-refractivity contribution in [1.29, 1.82) is 0 Å². The van der Waals surface area contributed by atoms with E-state index in [1.165, 1.54) is 10.9 Å². The molecule has 47 heavy (non-hydrogen) atoms. The number of amides is 2. The van der Waals surface area contributed by atoms with Gasteiger partial charge < -0.3 is 19.5 Å². The highest BCUT2D eigenvalue weighted by Gasteiger charge is 2.36. The van der Waals surface area contributed by atoms with Gasteiger partial charge >= 0.3 is 6.09 Å². The molecule has 4 heterocycles. The molecule has 2 aliphatic rings. The van der Waals surface area contributed by atoms with Crippen LogP contribution in [0.4, 0.5) is 4.79 Å². The maximum absolute atomic E-state index is 13.6. The molecule has 1 N–H and O–H groups in total. The summed E-state index contributed by atoms with van der Waals surface area (Å²) in [6.07, 6.45) is 1.60. The molecule has 2 fully saturated rings. The van der Waals surface area contributed by atoms with Crippen LogP contribution in [0.3, 0.4) is 0 Å². The molecule has 4 aromatic rings. The maximum atomic E-state index is 13.6. The molecule has 0 bridgehead atoms. The first-order valence-corrected chi connectivity index (χ1v) is 16.2. The minimum absolute atomic E-state index is 0.0515. The average molecular weight is 662 g/mol. The first-order valence-electron chi connectivity index (χ1n) is 15.9. The molecule has 12 heteroatoms. The second kappa shape index (κ2) is 12.8. The summed E-state index contributed by atoms with van der Waals surface area (Å²) in [5.41, 5.74) is 0.474. The number of hydrogen-bond acceptors (Lipinski definition) is 7. The molecule has 0 radical (unpaired) electrons. The third kappa shape index (κ3) is 6.93. The molecule has 2 aromatic heterocycles. The molecule has 0 aliphatic carbocycles. The summed E-state index contributed by atoms with van der Waals surface area (Å²) in [6, 6.07) is 17.9. The zero-order chi connectivity index (χ0) is 33.5. The van der Waals surface area contributed by atoms with Gasteiger partial charge in [0.25, 0.3) is 11.5 Å². The number of nitrogens with zero attached hydrogens (tertiary/aromatic N) is 5. The van der Waals surface area contributed by atoms with Crippen molar-refractivity contribution in [2.24, 2.45) is 0 Å². The van der Waals surface area contributed by atoms with Crippen molar-refractivity contribution in [2.45, 2.75) is 70.4 Å². The second-order valence-electron chi connectivity index (χ2n) is 13.5. The lowest BCUT2D eigenvalue weighted by atomic mass is 9.91. The Hall–Kier alpha value is -4.19. The summed E-state index contributed by atoms with van der Waals surface area (Å²) in [5, 5.41) is 12.0. The van der Waals surface area contributed by atoms with Crippen molar-refractivity contribution in [3.05, 3.63) is 93.6 Å². The summed E-state index contributed by atoms with van der Waals surface area (Å²) in [7, 11) is 0. The number of fused-ring (bicyclic) bond motifs is 1. The number of carbonyl (C=O) groups excluding carboxylic acids is 2. The van der Waals surface area contributed by atoms with Crippen LogP contribution in [-0.4, -0.2) is 84.6 Å². The first kappa shape index (κ1) is 32.7. The van der Waals surface area contributed by atoms with Crippen LogP contribution in [-0.2, 0) is 16.0 Å². The third-order valence-corrected chi connectivity index (χ3v) is 9.02. The minimum atomic E-state index is -1.16. The summed E-state index contributed by atoms with van der Waals surface area (Å²) >= 11 is 6.67. The van der Waals surface area contributed by atoms with Crippen molar-refractivity contribution in [2.75, 3.05) is 26.2 Å². The van der Waals surface area contributed by atoms with E-state index < -0.39 is 17.3 Å². The number of hydrogen-bond donors (Lipinski definition) is 1. The van der Waals surface area contributed by atoms with Crippen LogP contribution in [0.1, 0.15) is 62.5 Å². The Morgan fingerprint density at radius 1 is 1.09 bits per heavy atom. The summed E-state index contributed by atoms with van der Waals surface area (Å²) in [4.78, 5) is 47.5. The van der Waals surface area contributed by atoms with Crippen LogP contribution in [0.2, 0.25) is 5.15 Å². The molecule has 2 aliphatic heterocycles. The zero-order valence-electron chi connectivity index (χ0n) is 27.1. The number of ether oxygens (including phenoxy) is 2. The van der Waals surface area contributed by atoms with E-state index in [1.807, 2.05) is 70.2 Å². The normalized spacial score (nSPS) is 20.0. The van der Waals surface area contributed by atoms with Gasteiger partial charge in [-0.05, 0) is 76.4 Å². The lowest BCUT2D eigenvalue weighted by Crippen LogP contribution is -2.49. The number of morpholine rings is 1. The quantitative estimate of drug-likeness (QED) is 0.312. The van der Waals surface area contributed by atoms with Crippen LogP contribution in [0.15, 0.2) is 71.8 Å². The van der Waals surface area contributed by atoms with Crippen molar-refractivity contribution in [3.8, 4) is 5.69 Å². The van der Waals surface area contributed by atoms with Gasteiger partial charge in [0, 0.05) is 24.3 Å². The standard InChI is InChI=1S/C35H40ClN5O6/c1-23-19-40(33(44)47-34(2,3)4)28(20-46-23)24-10-12-26(13-11-24)41-29(36)18-27-30(41)37-22-39(32(27)43)21-35(45)14-16-38(17-15-35)31(42)25-8-6-5-7-9-25/h5-13,18,22-23,28,45H,14-17,19-21H2,1-4H3/t23-,28-/m0/s1. The van der Waals surface area contributed by atoms with Crippen LogP contribution < -0.4 is 5.56 Å². The lowest BCUT2D eigenvalue weighted by molar-refractivity contribution is -0.0644. The number of benzene rings is 2. The predicted octanol–water partition coefficient (Wildman–Crippen LogP) is 5.20. The van der Waals surface area contributed by atoms with Gasteiger partial charge in [-0.1, -0.05) is 41.9 Å². The molecular weight excluding hydrogens is 622 g/mol. The number of carbonyl (C=O) groups is 2. The van der Waals surface area contributed by atoms with E-state index in [0.29, 0.717) is 66.5 Å². The highest BCUT2D eigenvalue weighted by Crippen LogP contribution is 2.31. The molecule has 0 unspecified atom stereocenters. The van der Waals surface area contributed by atoms with E-state index in [1.54, 1.807) is 32.6 Å². The second-order valence-corrected chi connectivity index (χ2v) is 13.9. The Bertz CT molecular complexity index is 1820. The van der Waals surface area contributed by atoms with Gasteiger partial charge in [-0.15, -0.1) is 0 Å². The number of rotatable bonds is 5. The first-order chi connectivity index (χ1) is 22.3. The molecular formula is C35H40ClN5O6. The van der Waals surface area contributed by atoms with Gasteiger partial charge in [-0.25, -0.2) is 9.78 Å². The fraction of sp³-hybridized carbons (Fsp3) is 0.429. The van der Waals surface area contributed by atoms with Crippen LogP contribution >= 0.6 is 11.6 Å². The third-order valence-electron chi connectivity index (χ3n) is 8.74. The molecule has 0 saturated carbocycles. The van der Waals surface area contributed by atoms with Crippen LogP contribution in [0.5, 0.6) is 0 Å². The fourth-order valence-electron chi connectivity index (χ4n) is 6.26. The number of piperidine rings is 1. The van der Waals surface area contributed by atoms with Crippen molar-refractivity contribution >= 4 is 34.6 Å². The highest BCUT2D eigenvalue weighted by molar-refractivity contribution is 6.31. The molecule has 6 rings (SSSR count). The molecule has 2 saturated heterocycles. The Morgan fingerprint density at radius 2 is 1.77 bits per heavy atom. The van der Waals surface area contributed by atoms with E-state index in [9.17, 15) is 19.5 Å². The highest BCUT2D eigenvalue weighted by atomic mass is 35.5. The number of halogens is 1. The van der Waals surface area contributed by atoms with E-state index in [0.717, 1.165) is 5.56 Å². The van der Waals surface area contributed by atoms with E-state index >= 15 is 0 Å². The van der Waals surface area contributed by atoms with Crippen molar-refractivity contribution in [1.82, 2.24) is 23.9 Å². The minimum Gasteiger partial charge on any atom is -0.444 e. The molecule has 248 valence electrons. The summed E-state index contributed by atoms with van der Waals surface area (Å²) in [5.74, 6) is -0.0704. The Balaban J connectivity index is 1.19. The molecule has 2 atom stereocenters. The Kier molecular flexibility index (Phi) is 8.90. The van der Waals surface area contributed by atoms with E-state index in [4.69, 9.17) is 21.1 Å². The Morgan fingerprint density at radius 3 is 2.43 bits per heavy atom. The number of aromatic nitrogens is 3. The largest absolute Gasteiger partial charge is 0.444 e. The maximum Gasteiger partial charge on any atom is 0.410 e.